The Balaban J connectivity index is 2.76. The van der Waals surface area contributed by atoms with Crippen LogP contribution in [0.5, 0.6) is 0 Å². The number of morpholine rings is 1. The SMILES string of the molecule is CN(C)C(=O)[C@@H]1COCCN1C(=O)OC(C)(C)C. The normalized spacial score (nSPS) is 20.5. The van der Waals surface area contributed by atoms with E-state index >= 15 is 0 Å². The Kier molecular flexibility index (Phi) is 4.56. The average Bonchev–Trinajstić information content (AvgIpc) is 2.25. The molecule has 6 nitrogen and oxygen atoms in total. The number of hydrogen-bond donors (Lipinski definition) is 0. The highest BCUT2D eigenvalue weighted by atomic mass is 16.6. The molecule has 0 spiro atoms. The Labute approximate surface area is 108 Å². The molecule has 0 bridgehead atoms. The Hall–Kier alpha value is -1.30. The van der Waals surface area contributed by atoms with Gasteiger partial charge in [0.1, 0.15) is 11.6 Å². The fourth-order valence-corrected chi connectivity index (χ4v) is 1.65. The van der Waals surface area contributed by atoms with E-state index in [1.807, 2.05) is 0 Å². The second-order valence-corrected chi connectivity index (χ2v) is 5.50. The minimum atomic E-state index is -0.594. The summed E-state index contributed by atoms with van der Waals surface area (Å²) in [6.45, 7) is 6.42. The lowest BCUT2D eigenvalue weighted by atomic mass is 10.2. The summed E-state index contributed by atoms with van der Waals surface area (Å²) in [5.41, 5.74) is -0.568. The molecule has 1 rings (SSSR count). The van der Waals surface area contributed by atoms with Gasteiger partial charge >= 0.3 is 6.09 Å². The van der Waals surface area contributed by atoms with Crippen molar-refractivity contribution < 1.29 is 19.1 Å². The zero-order valence-electron chi connectivity index (χ0n) is 11.7. The molecule has 18 heavy (non-hydrogen) atoms. The summed E-state index contributed by atoms with van der Waals surface area (Å²) in [6, 6.07) is -0.594. The number of carbonyl (C=O) groups excluding carboxylic acids is 2. The smallest absolute Gasteiger partial charge is 0.411 e. The summed E-state index contributed by atoms with van der Waals surface area (Å²) in [5.74, 6) is -0.152. The van der Waals surface area contributed by atoms with Crippen LogP contribution >= 0.6 is 0 Å². The molecule has 0 aromatic heterocycles. The van der Waals surface area contributed by atoms with Crippen molar-refractivity contribution in [3.8, 4) is 0 Å². The van der Waals surface area contributed by atoms with E-state index in [-0.39, 0.29) is 12.5 Å². The number of carbonyl (C=O) groups is 2. The zero-order valence-corrected chi connectivity index (χ0v) is 11.7. The van der Waals surface area contributed by atoms with Crippen LogP contribution < -0.4 is 0 Å². The van der Waals surface area contributed by atoms with Crippen molar-refractivity contribution in [1.82, 2.24) is 9.80 Å². The molecular weight excluding hydrogens is 236 g/mol. The van der Waals surface area contributed by atoms with Gasteiger partial charge in [0.15, 0.2) is 0 Å². The van der Waals surface area contributed by atoms with Gasteiger partial charge in [-0.05, 0) is 20.8 Å². The van der Waals surface area contributed by atoms with E-state index in [9.17, 15) is 9.59 Å². The van der Waals surface area contributed by atoms with E-state index in [2.05, 4.69) is 0 Å². The summed E-state index contributed by atoms with van der Waals surface area (Å²) in [5, 5.41) is 0. The number of ether oxygens (including phenoxy) is 2. The molecule has 2 amide bonds. The van der Waals surface area contributed by atoms with Crippen LogP contribution in [0, 0.1) is 0 Å². The lowest BCUT2D eigenvalue weighted by molar-refractivity contribution is -0.140. The van der Waals surface area contributed by atoms with Gasteiger partial charge in [0.05, 0.1) is 13.2 Å². The fraction of sp³-hybridized carbons (Fsp3) is 0.833. The highest BCUT2D eigenvalue weighted by Gasteiger charge is 2.36. The molecule has 1 atom stereocenters. The first kappa shape index (κ1) is 14.8. The van der Waals surface area contributed by atoms with Gasteiger partial charge in [-0.3, -0.25) is 9.69 Å². The molecule has 104 valence electrons. The van der Waals surface area contributed by atoms with Crippen LogP contribution in [0.15, 0.2) is 0 Å². The molecule has 1 heterocycles. The van der Waals surface area contributed by atoms with Crippen molar-refractivity contribution in [2.45, 2.75) is 32.4 Å². The minimum Gasteiger partial charge on any atom is -0.444 e. The van der Waals surface area contributed by atoms with Crippen LogP contribution in [0.4, 0.5) is 4.79 Å². The molecule has 6 heteroatoms. The van der Waals surface area contributed by atoms with Gasteiger partial charge in [-0.2, -0.15) is 0 Å². The zero-order chi connectivity index (χ0) is 13.9. The third-order valence-electron chi connectivity index (χ3n) is 2.48. The van der Waals surface area contributed by atoms with Crippen molar-refractivity contribution in [3.63, 3.8) is 0 Å². The maximum absolute atomic E-state index is 12.0. The van der Waals surface area contributed by atoms with Crippen molar-refractivity contribution in [2.75, 3.05) is 33.9 Å². The number of nitrogens with zero attached hydrogens (tertiary/aromatic N) is 2. The second-order valence-electron chi connectivity index (χ2n) is 5.50. The Morgan fingerprint density at radius 1 is 1.33 bits per heavy atom. The Morgan fingerprint density at radius 3 is 2.44 bits per heavy atom. The first-order chi connectivity index (χ1) is 8.22. The monoisotopic (exact) mass is 258 g/mol. The van der Waals surface area contributed by atoms with Gasteiger partial charge in [-0.15, -0.1) is 0 Å². The molecule has 0 aliphatic carbocycles. The standard InChI is InChI=1S/C12H22N2O4/c1-12(2,3)18-11(16)14-6-7-17-8-9(14)10(15)13(4)5/h9H,6-8H2,1-5H3/t9-/m0/s1. The fourth-order valence-electron chi connectivity index (χ4n) is 1.65. The molecule has 0 saturated carbocycles. The molecule has 0 N–H and O–H groups in total. The van der Waals surface area contributed by atoms with Crippen molar-refractivity contribution in [1.29, 1.82) is 0 Å². The van der Waals surface area contributed by atoms with Crippen LogP contribution in [-0.4, -0.2) is 67.3 Å². The topological polar surface area (TPSA) is 59.1 Å². The molecule has 1 fully saturated rings. The largest absolute Gasteiger partial charge is 0.444 e. The summed E-state index contributed by atoms with van der Waals surface area (Å²) < 4.78 is 10.6. The van der Waals surface area contributed by atoms with Crippen LogP contribution in [0.25, 0.3) is 0 Å². The first-order valence-electron chi connectivity index (χ1n) is 6.01. The van der Waals surface area contributed by atoms with Gasteiger partial charge in [0.25, 0.3) is 0 Å². The average molecular weight is 258 g/mol. The van der Waals surface area contributed by atoms with Gasteiger partial charge in [0.2, 0.25) is 5.91 Å². The summed E-state index contributed by atoms with van der Waals surface area (Å²) in [6.07, 6.45) is -0.467. The molecule has 1 aliphatic heterocycles. The van der Waals surface area contributed by atoms with E-state index in [1.54, 1.807) is 34.9 Å². The van der Waals surface area contributed by atoms with Gasteiger partial charge in [-0.1, -0.05) is 0 Å². The maximum atomic E-state index is 12.0. The third-order valence-corrected chi connectivity index (χ3v) is 2.48. The van der Waals surface area contributed by atoms with E-state index in [0.29, 0.717) is 13.2 Å². The molecule has 0 unspecified atom stereocenters. The van der Waals surface area contributed by atoms with Crippen LogP contribution in [0.3, 0.4) is 0 Å². The molecule has 1 aliphatic rings. The highest BCUT2D eigenvalue weighted by molar-refractivity contribution is 5.85. The van der Waals surface area contributed by atoms with E-state index in [1.165, 1.54) is 9.80 Å². The van der Waals surface area contributed by atoms with Crippen LogP contribution in [0.1, 0.15) is 20.8 Å². The van der Waals surface area contributed by atoms with E-state index in [4.69, 9.17) is 9.47 Å². The van der Waals surface area contributed by atoms with Crippen molar-refractivity contribution in [3.05, 3.63) is 0 Å². The number of rotatable bonds is 1. The predicted molar refractivity (Wildman–Crippen MR) is 66.2 cm³/mol. The maximum Gasteiger partial charge on any atom is 0.411 e. The number of hydrogen-bond acceptors (Lipinski definition) is 4. The molecule has 0 radical (unpaired) electrons. The van der Waals surface area contributed by atoms with Crippen molar-refractivity contribution in [2.24, 2.45) is 0 Å². The van der Waals surface area contributed by atoms with Crippen LogP contribution in [0.2, 0.25) is 0 Å². The highest BCUT2D eigenvalue weighted by Crippen LogP contribution is 2.15. The van der Waals surface area contributed by atoms with Gasteiger partial charge < -0.3 is 14.4 Å². The number of likely N-dealkylation sites (N-methyl/N-ethyl adjacent to an activating group) is 1. The van der Waals surface area contributed by atoms with E-state index in [0.717, 1.165) is 0 Å². The molecule has 0 aromatic rings. The van der Waals surface area contributed by atoms with Crippen LogP contribution in [-0.2, 0) is 14.3 Å². The lowest BCUT2D eigenvalue weighted by Gasteiger charge is -2.36. The van der Waals surface area contributed by atoms with Crippen molar-refractivity contribution >= 4 is 12.0 Å². The minimum absolute atomic E-state index is 0.152. The lowest BCUT2D eigenvalue weighted by Crippen LogP contribution is -2.56. The summed E-state index contributed by atoms with van der Waals surface area (Å²) >= 11 is 0. The quantitative estimate of drug-likeness (QED) is 0.695. The first-order valence-corrected chi connectivity index (χ1v) is 6.01. The second kappa shape index (κ2) is 5.56. The Morgan fingerprint density at radius 2 is 1.94 bits per heavy atom. The van der Waals surface area contributed by atoms with Gasteiger partial charge in [-0.25, -0.2) is 4.79 Å². The van der Waals surface area contributed by atoms with Gasteiger partial charge in [0, 0.05) is 20.6 Å². The number of amides is 2. The molecule has 0 aromatic carbocycles. The summed E-state index contributed by atoms with van der Waals surface area (Å²) in [4.78, 5) is 26.9. The van der Waals surface area contributed by atoms with E-state index < -0.39 is 17.7 Å². The predicted octanol–water partition coefficient (Wildman–Crippen LogP) is 0.710. The Bertz CT molecular complexity index is 323. The summed E-state index contributed by atoms with van der Waals surface area (Å²) in [7, 11) is 3.31. The molecular formula is C12H22N2O4. The molecule has 1 saturated heterocycles. The third kappa shape index (κ3) is 3.87.